The minimum absolute atomic E-state index is 0.0000352. The highest BCUT2D eigenvalue weighted by Gasteiger charge is 2.20. The molecule has 1 heterocycles. The maximum atomic E-state index is 12.1. The summed E-state index contributed by atoms with van der Waals surface area (Å²) >= 11 is 0. The molecule has 0 fully saturated rings. The van der Waals surface area contributed by atoms with Crippen molar-refractivity contribution in [2.45, 2.75) is 6.42 Å². The van der Waals surface area contributed by atoms with E-state index in [4.69, 9.17) is 0 Å². The van der Waals surface area contributed by atoms with E-state index in [0.29, 0.717) is 17.9 Å². The standard InChI is InChI=1S/C12H13N5O4/c1-13-8-2-3-10(17(19)20)9(6-8)12(18)14-5-4-11-15-7-21-16-11/h2-3,6-7,13H,4-5H2,1H3,(H,14,18). The molecule has 0 spiro atoms. The van der Waals surface area contributed by atoms with Crippen LogP contribution in [0.3, 0.4) is 0 Å². The SMILES string of the molecule is CNc1ccc([N+](=O)[O-])c(C(=O)NCCc2ncon2)c1. The smallest absolute Gasteiger partial charge is 0.282 e. The van der Waals surface area contributed by atoms with E-state index in [0.717, 1.165) is 0 Å². The van der Waals surface area contributed by atoms with Gasteiger partial charge in [0.25, 0.3) is 11.6 Å². The molecule has 9 nitrogen and oxygen atoms in total. The van der Waals surface area contributed by atoms with Crippen molar-refractivity contribution in [3.8, 4) is 0 Å². The lowest BCUT2D eigenvalue weighted by molar-refractivity contribution is -0.385. The molecule has 1 aromatic carbocycles. The molecule has 0 atom stereocenters. The highest BCUT2D eigenvalue weighted by atomic mass is 16.6. The minimum atomic E-state index is -0.590. The zero-order chi connectivity index (χ0) is 15.2. The first-order chi connectivity index (χ1) is 10.1. The number of aromatic nitrogens is 2. The molecule has 2 rings (SSSR count). The highest BCUT2D eigenvalue weighted by Crippen LogP contribution is 2.22. The summed E-state index contributed by atoms with van der Waals surface area (Å²) in [6.45, 7) is 0.249. The zero-order valence-electron chi connectivity index (χ0n) is 11.2. The van der Waals surface area contributed by atoms with Gasteiger partial charge in [0.1, 0.15) is 5.56 Å². The zero-order valence-corrected chi connectivity index (χ0v) is 11.2. The van der Waals surface area contributed by atoms with Gasteiger partial charge in [0.05, 0.1) is 4.92 Å². The van der Waals surface area contributed by atoms with Crippen molar-refractivity contribution in [2.75, 3.05) is 18.9 Å². The van der Waals surface area contributed by atoms with Gasteiger partial charge in [0.15, 0.2) is 5.82 Å². The summed E-state index contributed by atoms with van der Waals surface area (Å²) in [6, 6.07) is 4.26. The number of nitrogens with zero attached hydrogens (tertiary/aromatic N) is 3. The fraction of sp³-hybridized carbons (Fsp3) is 0.250. The van der Waals surface area contributed by atoms with Crippen molar-refractivity contribution < 1.29 is 14.2 Å². The van der Waals surface area contributed by atoms with Gasteiger partial charge in [0, 0.05) is 31.8 Å². The average molecular weight is 291 g/mol. The first kappa shape index (κ1) is 14.4. The van der Waals surface area contributed by atoms with E-state index < -0.39 is 10.8 Å². The Morgan fingerprint density at radius 1 is 1.48 bits per heavy atom. The maximum absolute atomic E-state index is 12.1. The Bertz CT molecular complexity index is 641. The van der Waals surface area contributed by atoms with Crippen LogP contribution in [0.5, 0.6) is 0 Å². The van der Waals surface area contributed by atoms with Gasteiger partial charge in [-0.15, -0.1) is 0 Å². The average Bonchev–Trinajstić information content (AvgIpc) is 2.99. The number of nitrogens with one attached hydrogen (secondary N) is 2. The molecule has 1 amide bonds. The lowest BCUT2D eigenvalue weighted by Gasteiger charge is -2.07. The molecule has 1 aromatic heterocycles. The second kappa shape index (κ2) is 6.46. The number of rotatable bonds is 6. The van der Waals surface area contributed by atoms with Crippen LogP contribution in [-0.2, 0) is 6.42 Å². The van der Waals surface area contributed by atoms with Crippen LogP contribution < -0.4 is 10.6 Å². The Labute approximate surface area is 119 Å². The van der Waals surface area contributed by atoms with E-state index >= 15 is 0 Å². The van der Waals surface area contributed by atoms with Crippen LogP contribution in [0.1, 0.15) is 16.2 Å². The number of anilines is 1. The normalized spacial score (nSPS) is 10.1. The quantitative estimate of drug-likeness (QED) is 0.600. The van der Waals surface area contributed by atoms with Crippen LogP contribution in [0, 0.1) is 10.1 Å². The third-order valence-electron chi connectivity index (χ3n) is 2.77. The molecule has 0 unspecified atom stereocenters. The second-order valence-corrected chi connectivity index (χ2v) is 4.09. The van der Waals surface area contributed by atoms with Crippen molar-refractivity contribution in [1.29, 1.82) is 0 Å². The fourth-order valence-electron chi connectivity index (χ4n) is 1.72. The summed E-state index contributed by atoms with van der Waals surface area (Å²) in [4.78, 5) is 26.2. The number of nitro groups is 1. The highest BCUT2D eigenvalue weighted by molar-refractivity contribution is 5.99. The van der Waals surface area contributed by atoms with Crippen LogP contribution in [0.25, 0.3) is 0 Å². The van der Waals surface area contributed by atoms with Crippen molar-refractivity contribution in [2.24, 2.45) is 0 Å². The molecule has 2 aromatic rings. The molecule has 110 valence electrons. The van der Waals surface area contributed by atoms with E-state index in [-0.39, 0.29) is 17.8 Å². The number of carbonyl (C=O) groups excluding carboxylic acids is 1. The molecule has 0 saturated carbocycles. The lowest BCUT2D eigenvalue weighted by Crippen LogP contribution is -2.26. The summed E-state index contributed by atoms with van der Waals surface area (Å²) in [5.74, 6) is -0.0731. The van der Waals surface area contributed by atoms with Gasteiger partial charge in [-0.25, -0.2) is 0 Å². The molecule has 0 bridgehead atoms. The molecular formula is C12H13N5O4. The van der Waals surface area contributed by atoms with Crippen LogP contribution in [0.4, 0.5) is 11.4 Å². The summed E-state index contributed by atoms with van der Waals surface area (Å²) in [5, 5.41) is 20.0. The Balaban J connectivity index is 2.08. The Hall–Kier alpha value is -2.97. The molecule has 21 heavy (non-hydrogen) atoms. The molecule has 0 aliphatic rings. The van der Waals surface area contributed by atoms with Gasteiger partial charge < -0.3 is 15.2 Å². The number of nitro benzene ring substituents is 1. The minimum Gasteiger partial charge on any atom is -0.388 e. The van der Waals surface area contributed by atoms with E-state index in [9.17, 15) is 14.9 Å². The van der Waals surface area contributed by atoms with E-state index in [2.05, 4.69) is 25.3 Å². The number of hydrogen-bond donors (Lipinski definition) is 2. The topological polar surface area (TPSA) is 123 Å². The van der Waals surface area contributed by atoms with Crippen molar-refractivity contribution in [3.05, 3.63) is 46.1 Å². The van der Waals surface area contributed by atoms with Crippen LogP contribution in [0.2, 0.25) is 0 Å². The molecule has 0 radical (unpaired) electrons. The summed E-state index contributed by atoms with van der Waals surface area (Å²) in [6.07, 6.45) is 1.57. The third-order valence-corrected chi connectivity index (χ3v) is 2.77. The Morgan fingerprint density at radius 2 is 2.29 bits per heavy atom. The molecule has 2 N–H and O–H groups in total. The monoisotopic (exact) mass is 291 g/mol. The number of carbonyl (C=O) groups is 1. The molecule has 0 aliphatic heterocycles. The van der Waals surface area contributed by atoms with Gasteiger partial charge in [-0.05, 0) is 12.1 Å². The van der Waals surface area contributed by atoms with Crippen molar-refractivity contribution in [3.63, 3.8) is 0 Å². The van der Waals surface area contributed by atoms with Crippen LogP contribution in [-0.4, -0.2) is 34.6 Å². The first-order valence-electron chi connectivity index (χ1n) is 6.11. The number of amides is 1. The van der Waals surface area contributed by atoms with E-state index in [1.807, 2.05) is 0 Å². The molecule has 0 saturated heterocycles. The molecule has 9 heteroatoms. The van der Waals surface area contributed by atoms with Crippen LogP contribution >= 0.6 is 0 Å². The summed E-state index contributed by atoms with van der Waals surface area (Å²) in [7, 11) is 1.67. The van der Waals surface area contributed by atoms with E-state index in [1.54, 1.807) is 7.05 Å². The lowest BCUT2D eigenvalue weighted by atomic mass is 10.1. The van der Waals surface area contributed by atoms with Gasteiger partial charge >= 0.3 is 0 Å². The predicted molar refractivity (Wildman–Crippen MR) is 73.0 cm³/mol. The summed E-state index contributed by atoms with van der Waals surface area (Å²) < 4.78 is 4.57. The van der Waals surface area contributed by atoms with Crippen molar-refractivity contribution >= 4 is 17.3 Å². The third kappa shape index (κ3) is 3.53. The van der Waals surface area contributed by atoms with Crippen LogP contribution in [0.15, 0.2) is 29.1 Å². The van der Waals surface area contributed by atoms with Gasteiger partial charge in [-0.2, -0.15) is 4.98 Å². The Kier molecular flexibility index (Phi) is 4.44. The Morgan fingerprint density at radius 3 is 2.90 bits per heavy atom. The number of benzene rings is 1. The van der Waals surface area contributed by atoms with Gasteiger partial charge in [-0.1, -0.05) is 5.16 Å². The fourth-order valence-corrected chi connectivity index (χ4v) is 1.72. The largest absolute Gasteiger partial charge is 0.388 e. The second-order valence-electron chi connectivity index (χ2n) is 4.09. The summed E-state index contributed by atoms with van der Waals surface area (Å²) in [5.41, 5.74) is 0.370. The van der Waals surface area contributed by atoms with Gasteiger partial charge in [-0.3, -0.25) is 14.9 Å². The number of hydrogen-bond acceptors (Lipinski definition) is 7. The molecule has 0 aliphatic carbocycles. The maximum Gasteiger partial charge on any atom is 0.282 e. The molecular weight excluding hydrogens is 278 g/mol. The van der Waals surface area contributed by atoms with Crippen molar-refractivity contribution in [1.82, 2.24) is 15.5 Å². The first-order valence-corrected chi connectivity index (χ1v) is 6.11. The van der Waals surface area contributed by atoms with Gasteiger partial charge in [0.2, 0.25) is 6.39 Å². The predicted octanol–water partition coefficient (Wildman–Crippen LogP) is 0.992. The van der Waals surface area contributed by atoms with E-state index in [1.165, 1.54) is 24.6 Å².